The molecule has 1 aromatic carbocycles. The number of carbonyl (C=O) groups excluding carboxylic acids is 1. The van der Waals surface area contributed by atoms with Crippen molar-refractivity contribution in [3.63, 3.8) is 0 Å². The van der Waals surface area contributed by atoms with Gasteiger partial charge in [-0.3, -0.25) is 9.88 Å². The molecule has 6 heteroatoms. The Kier molecular flexibility index (Phi) is 5.51. The lowest BCUT2D eigenvalue weighted by molar-refractivity contribution is -0.0612. The lowest BCUT2D eigenvalue weighted by atomic mass is 10.2. The van der Waals surface area contributed by atoms with E-state index in [-0.39, 0.29) is 18.3 Å². The Morgan fingerprint density at radius 2 is 2.17 bits per heavy atom. The molecule has 5 nitrogen and oxygen atoms in total. The number of aromatic nitrogens is 1. The van der Waals surface area contributed by atoms with Crippen molar-refractivity contribution in [2.24, 2.45) is 0 Å². The number of esters is 1. The van der Waals surface area contributed by atoms with Crippen LogP contribution in [0.25, 0.3) is 0 Å². The molecule has 1 saturated heterocycles. The Morgan fingerprint density at radius 3 is 2.96 bits per heavy atom. The van der Waals surface area contributed by atoms with Gasteiger partial charge in [-0.05, 0) is 11.6 Å². The summed E-state index contributed by atoms with van der Waals surface area (Å²) in [6.07, 6.45) is 2.14. The van der Waals surface area contributed by atoms with Gasteiger partial charge in [0.2, 0.25) is 0 Å². The third kappa shape index (κ3) is 4.59. The van der Waals surface area contributed by atoms with E-state index in [1.165, 1.54) is 11.8 Å². The van der Waals surface area contributed by atoms with Gasteiger partial charge in [0.15, 0.2) is 0 Å². The number of morpholine rings is 1. The van der Waals surface area contributed by atoms with Crippen LogP contribution in [0.4, 0.5) is 4.39 Å². The van der Waals surface area contributed by atoms with Gasteiger partial charge in [-0.2, -0.15) is 0 Å². The summed E-state index contributed by atoms with van der Waals surface area (Å²) in [6.45, 7) is 3.09. The van der Waals surface area contributed by atoms with E-state index in [1.54, 1.807) is 0 Å². The molecule has 126 valence electrons. The van der Waals surface area contributed by atoms with Gasteiger partial charge in [0.05, 0.1) is 18.4 Å². The Morgan fingerprint density at radius 1 is 1.33 bits per heavy atom. The normalized spacial score (nSPS) is 18.3. The molecule has 1 aliphatic rings. The third-order valence-corrected chi connectivity index (χ3v) is 3.81. The van der Waals surface area contributed by atoms with E-state index in [0.29, 0.717) is 13.2 Å². The highest BCUT2D eigenvalue weighted by Gasteiger charge is 2.22. The van der Waals surface area contributed by atoms with Crippen LogP contribution in [-0.4, -0.2) is 48.3 Å². The second-order valence-corrected chi connectivity index (χ2v) is 5.70. The highest BCUT2D eigenvalue weighted by atomic mass is 19.1. The molecular formula is C18H19FN2O3. The van der Waals surface area contributed by atoms with Gasteiger partial charge in [0, 0.05) is 25.8 Å². The molecule has 0 radical (unpaired) electrons. The molecule has 0 unspecified atom stereocenters. The molecule has 24 heavy (non-hydrogen) atoms. The summed E-state index contributed by atoms with van der Waals surface area (Å²) in [5.41, 5.74) is 1.34. The van der Waals surface area contributed by atoms with Crippen LogP contribution in [0.5, 0.6) is 0 Å². The zero-order valence-corrected chi connectivity index (χ0v) is 13.2. The summed E-state index contributed by atoms with van der Waals surface area (Å²) in [5, 5.41) is 0. The maximum atomic E-state index is 13.1. The van der Waals surface area contributed by atoms with Crippen LogP contribution in [0.15, 0.2) is 48.8 Å². The minimum absolute atomic E-state index is 0.104. The largest absolute Gasteiger partial charge is 0.459 e. The molecule has 1 fully saturated rings. The van der Waals surface area contributed by atoms with Crippen molar-refractivity contribution >= 4 is 5.97 Å². The van der Waals surface area contributed by atoms with Crippen LogP contribution in [0.1, 0.15) is 15.9 Å². The molecule has 0 spiro atoms. The summed E-state index contributed by atoms with van der Waals surface area (Å²) in [7, 11) is 0. The van der Waals surface area contributed by atoms with E-state index in [0.717, 1.165) is 25.4 Å². The lowest BCUT2D eigenvalue weighted by Gasteiger charge is -2.32. The standard InChI is InChI=1S/C18H19FN2O3/c19-16-8-15(9-20-10-16)18(22)24-13-17-12-21(6-7-23-17)11-14-4-2-1-3-5-14/h1-5,8-10,17H,6-7,11-13H2/t17-/m0/s1. The molecule has 0 N–H and O–H groups in total. The second-order valence-electron chi connectivity index (χ2n) is 5.70. The first-order valence-electron chi connectivity index (χ1n) is 7.86. The number of ether oxygens (including phenoxy) is 2. The van der Waals surface area contributed by atoms with E-state index in [9.17, 15) is 9.18 Å². The second kappa shape index (κ2) is 7.99. The van der Waals surface area contributed by atoms with Crippen molar-refractivity contribution in [3.05, 3.63) is 65.7 Å². The fourth-order valence-corrected chi connectivity index (χ4v) is 2.64. The van der Waals surface area contributed by atoms with Crippen LogP contribution in [0.2, 0.25) is 0 Å². The number of hydrogen-bond acceptors (Lipinski definition) is 5. The SMILES string of the molecule is O=C(OC[C@@H]1CN(Cc2ccccc2)CCO1)c1cncc(F)c1. The monoisotopic (exact) mass is 330 g/mol. The zero-order valence-electron chi connectivity index (χ0n) is 13.2. The van der Waals surface area contributed by atoms with E-state index in [2.05, 4.69) is 22.0 Å². The Bertz CT molecular complexity index is 681. The average Bonchev–Trinajstić information content (AvgIpc) is 2.61. The van der Waals surface area contributed by atoms with Crippen LogP contribution in [-0.2, 0) is 16.0 Å². The van der Waals surface area contributed by atoms with Crippen LogP contribution in [0, 0.1) is 5.82 Å². The van der Waals surface area contributed by atoms with Crippen LogP contribution in [0.3, 0.4) is 0 Å². The third-order valence-electron chi connectivity index (χ3n) is 3.81. The first kappa shape index (κ1) is 16.5. The zero-order chi connectivity index (χ0) is 16.8. The Balaban J connectivity index is 1.49. The van der Waals surface area contributed by atoms with E-state index in [1.807, 2.05) is 18.2 Å². The molecule has 3 rings (SSSR count). The molecule has 1 aliphatic heterocycles. The van der Waals surface area contributed by atoms with Crippen molar-refractivity contribution in [2.75, 3.05) is 26.3 Å². The fraction of sp³-hybridized carbons (Fsp3) is 0.333. The van der Waals surface area contributed by atoms with Gasteiger partial charge in [0.25, 0.3) is 0 Å². The quantitative estimate of drug-likeness (QED) is 0.787. The van der Waals surface area contributed by atoms with Gasteiger partial charge >= 0.3 is 5.97 Å². The van der Waals surface area contributed by atoms with Gasteiger partial charge in [-0.15, -0.1) is 0 Å². The number of rotatable bonds is 5. The van der Waals surface area contributed by atoms with Crippen LogP contribution < -0.4 is 0 Å². The predicted octanol–water partition coefficient (Wildman–Crippen LogP) is 2.28. The number of carbonyl (C=O) groups is 1. The molecule has 0 amide bonds. The first-order valence-corrected chi connectivity index (χ1v) is 7.86. The number of pyridine rings is 1. The molecule has 0 saturated carbocycles. The summed E-state index contributed by atoms with van der Waals surface area (Å²) in [4.78, 5) is 17.8. The smallest absolute Gasteiger partial charge is 0.339 e. The molecule has 1 atom stereocenters. The molecular weight excluding hydrogens is 311 g/mol. The number of benzene rings is 1. The van der Waals surface area contributed by atoms with Crippen molar-refractivity contribution in [1.82, 2.24) is 9.88 Å². The summed E-state index contributed by atoms with van der Waals surface area (Å²) < 4.78 is 24.0. The van der Waals surface area contributed by atoms with Crippen molar-refractivity contribution in [1.29, 1.82) is 0 Å². The minimum atomic E-state index is -0.592. The van der Waals surface area contributed by atoms with E-state index in [4.69, 9.17) is 9.47 Å². The number of hydrogen-bond donors (Lipinski definition) is 0. The number of nitrogens with zero attached hydrogens (tertiary/aromatic N) is 2. The van der Waals surface area contributed by atoms with Gasteiger partial charge in [0.1, 0.15) is 18.5 Å². The van der Waals surface area contributed by atoms with Crippen molar-refractivity contribution in [2.45, 2.75) is 12.6 Å². The summed E-state index contributed by atoms with van der Waals surface area (Å²) in [5.74, 6) is -1.15. The topological polar surface area (TPSA) is 51.7 Å². The summed E-state index contributed by atoms with van der Waals surface area (Å²) in [6, 6.07) is 11.3. The van der Waals surface area contributed by atoms with Gasteiger partial charge < -0.3 is 9.47 Å². The van der Waals surface area contributed by atoms with Crippen LogP contribution >= 0.6 is 0 Å². The molecule has 2 heterocycles. The molecule has 2 aromatic rings. The predicted molar refractivity (Wildman–Crippen MR) is 85.9 cm³/mol. The van der Waals surface area contributed by atoms with Crippen molar-refractivity contribution in [3.8, 4) is 0 Å². The number of halogens is 1. The highest BCUT2D eigenvalue weighted by Crippen LogP contribution is 2.11. The maximum absolute atomic E-state index is 13.1. The lowest BCUT2D eigenvalue weighted by Crippen LogP contribution is -2.44. The van der Waals surface area contributed by atoms with E-state index >= 15 is 0 Å². The minimum Gasteiger partial charge on any atom is -0.459 e. The van der Waals surface area contributed by atoms with Crippen molar-refractivity contribution < 1.29 is 18.7 Å². The van der Waals surface area contributed by atoms with Gasteiger partial charge in [-0.1, -0.05) is 30.3 Å². The molecule has 0 bridgehead atoms. The Hall–Kier alpha value is -2.31. The highest BCUT2D eigenvalue weighted by molar-refractivity contribution is 5.88. The summed E-state index contributed by atoms with van der Waals surface area (Å²) >= 11 is 0. The first-order chi connectivity index (χ1) is 11.7. The molecule has 0 aliphatic carbocycles. The maximum Gasteiger partial charge on any atom is 0.339 e. The molecule has 1 aromatic heterocycles. The average molecular weight is 330 g/mol. The Labute approximate surface area is 140 Å². The van der Waals surface area contributed by atoms with E-state index < -0.39 is 11.8 Å². The fourth-order valence-electron chi connectivity index (χ4n) is 2.64. The van der Waals surface area contributed by atoms with Gasteiger partial charge in [-0.25, -0.2) is 9.18 Å².